The average molecular weight is 249 g/mol. The number of carbonyl (C=O) groups is 1. The Kier molecular flexibility index (Phi) is 3.23. The molecule has 0 saturated heterocycles. The van der Waals surface area contributed by atoms with Gasteiger partial charge in [0.25, 0.3) is 0 Å². The van der Waals surface area contributed by atoms with Crippen molar-refractivity contribution < 1.29 is 18.7 Å². The van der Waals surface area contributed by atoms with Gasteiger partial charge in [0.2, 0.25) is 0 Å². The quantitative estimate of drug-likeness (QED) is 0.876. The molecule has 0 unspecified atom stereocenters. The molecule has 3 nitrogen and oxygen atoms in total. The lowest BCUT2D eigenvalue weighted by Crippen LogP contribution is -1.99. The van der Waals surface area contributed by atoms with Crippen LogP contribution in [0.3, 0.4) is 0 Å². The zero-order valence-corrected chi connectivity index (χ0v) is 9.15. The number of benzene rings is 2. The molecule has 0 heterocycles. The number of nitrogens with one attached hydrogen (secondary N) is 1. The van der Waals surface area contributed by atoms with Crippen LogP contribution < -0.4 is 5.32 Å². The van der Waals surface area contributed by atoms with E-state index < -0.39 is 17.6 Å². The molecule has 5 heteroatoms. The van der Waals surface area contributed by atoms with Gasteiger partial charge in [0.15, 0.2) is 0 Å². The number of halogens is 2. The summed E-state index contributed by atoms with van der Waals surface area (Å²) in [5, 5.41) is 11.4. The van der Waals surface area contributed by atoms with E-state index in [0.29, 0.717) is 5.69 Å². The minimum atomic E-state index is -1.08. The predicted octanol–water partition coefficient (Wildman–Crippen LogP) is 3.41. The Morgan fingerprint density at radius 2 is 1.89 bits per heavy atom. The average Bonchev–Trinajstić information content (AvgIpc) is 2.34. The van der Waals surface area contributed by atoms with Crippen LogP contribution >= 0.6 is 0 Å². The van der Waals surface area contributed by atoms with E-state index in [-0.39, 0.29) is 11.3 Å². The molecule has 0 saturated carbocycles. The maximum Gasteiger partial charge on any atom is 0.335 e. The van der Waals surface area contributed by atoms with Crippen molar-refractivity contribution >= 4 is 17.3 Å². The molecule has 0 radical (unpaired) electrons. The molecule has 92 valence electrons. The molecule has 0 aromatic heterocycles. The van der Waals surface area contributed by atoms with E-state index in [4.69, 9.17) is 5.11 Å². The lowest BCUT2D eigenvalue weighted by Gasteiger charge is -2.08. The first-order chi connectivity index (χ1) is 8.56. The summed E-state index contributed by atoms with van der Waals surface area (Å²) in [5.74, 6) is -2.27. The SMILES string of the molecule is O=C(O)c1cccc(Nc2cc(F)ccc2F)c1. The normalized spacial score (nSPS) is 10.1. The van der Waals surface area contributed by atoms with Crippen molar-refractivity contribution in [1.29, 1.82) is 0 Å². The van der Waals surface area contributed by atoms with E-state index in [0.717, 1.165) is 18.2 Å². The minimum Gasteiger partial charge on any atom is -0.478 e. The van der Waals surface area contributed by atoms with Crippen LogP contribution in [0.5, 0.6) is 0 Å². The van der Waals surface area contributed by atoms with Crippen molar-refractivity contribution in [3.63, 3.8) is 0 Å². The lowest BCUT2D eigenvalue weighted by molar-refractivity contribution is 0.0697. The highest BCUT2D eigenvalue weighted by Crippen LogP contribution is 2.21. The molecular weight excluding hydrogens is 240 g/mol. The van der Waals surface area contributed by atoms with Crippen molar-refractivity contribution in [2.24, 2.45) is 0 Å². The number of carboxylic acid groups (broad SMARTS) is 1. The summed E-state index contributed by atoms with van der Waals surface area (Å²) in [5.41, 5.74) is 0.397. The Balaban J connectivity index is 2.31. The van der Waals surface area contributed by atoms with Crippen LogP contribution in [0.15, 0.2) is 42.5 Å². The Bertz CT molecular complexity index is 599. The molecule has 18 heavy (non-hydrogen) atoms. The largest absolute Gasteiger partial charge is 0.478 e. The van der Waals surface area contributed by atoms with Gasteiger partial charge in [-0.1, -0.05) is 6.07 Å². The van der Waals surface area contributed by atoms with Crippen molar-refractivity contribution in [2.45, 2.75) is 0 Å². The molecule has 0 fully saturated rings. The summed E-state index contributed by atoms with van der Waals surface area (Å²) in [4.78, 5) is 10.8. The summed E-state index contributed by atoms with van der Waals surface area (Å²) in [6.07, 6.45) is 0. The molecule has 2 N–H and O–H groups in total. The maximum absolute atomic E-state index is 13.4. The number of hydrogen-bond donors (Lipinski definition) is 2. The van der Waals surface area contributed by atoms with Crippen LogP contribution in [0, 0.1) is 11.6 Å². The van der Waals surface area contributed by atoms with Gasteiger partial charge >= 0.3 is 5.97 Å². The zero-order chi connectivity index (χ0) is 13.1. The molecule has 0 bridgehead atoms. The molecule has 0 aliphatic heterocycles. The molecule has 2 aromatic carbocycles. The summed E-state index contributed by atoms with van der Waals surface area (Å²) in [6, 6.07) is 8.84. The third-order valence-corrected chi connectivity index (χ3v) is 2.32. The van der Waals surface area contributed by atoms with Gasteiger partial charge in [-0.05, 0) is 30.3 Å². The van der Waals surface area contributed by atoms with Crippen LogP contribution in [-0.4, -0.2) is 11.1 Å². The summed E-state index contributed by atoms with van der Waals surface area (Å²) < 4.78 is 26.3. The van der Waals surface area contributed by atoms with Crippen LogP contribution in [0.1, 0.15) is 10.4 Å². The van der Waals surface area contributed by atoms with E-state index in [1.807, 2.05) is 0 Å². The molecular formula is C13H9F2NO2. The van der Waals surface area contributed by atoms with Gasteiger partial charge in [0.1, 0.15) is 11.6 Å². The van der Waals surface area contributed by atoms with Gasteiger partial charge in [0, 0.05) is 11.8 Å². The minimum absolute atomic E-state index is 0.0439. The second-order valence-corrected chi connectivity index (χ2v) is 3.64. The van der Waals surface area contributed by atoms with Crippen LogP contribution in [0.25, 0.3) is 0 Å². The molecule has 2 rings (SSSR count). The summed E-state index contributed by atoms with van der Waals surface area (Å²) >= 11 is 0. The van der Waals surface area contributed by atoms with Crippen molar-refractivity contribution in [1.82, 2.24) is 0 Å². The highest BCUT2D eigenvalue weighted by atomic mass is 19.1. The van der Waals surface area contributed by atoms with Crippen molar-refractivity contribution in [3.05, 3.63) is 59.7 Å². The van der Waals surface area contributed by atoms with Crippen molar-refractivity contribution in [2.75, 3.05) is 5.32 Å². The van der Waals surface area contributed by atoms with Crippen LogP contribution in [-0.2, 0) is 0 Å². The van der Waals surface area contributed by atoms with E-state index >= 15 is 0 Å². The zero-order valence-electron chi connectivity index (χ0n) is 9.15. The van der Waals surface area contributed by atoms with E-state index in [2.05, 4.69) is 5.32 Å². The first kappa shape index (κ1) is 12.0. The number of hydrogen-bond acceptors (Lipinski definition) is 2. The van der Waals surface area contributed by atoms with E-state index in [1.165, 1.54) is 18.2 Å². The number of rotatable bonds is 3. The Labute approximate surface area is 102 Å². The summed E-state index contributed by atoms with van der Waals surface area (Å²) in [7, 11) is 0. The van der Waals surface area contributed by atoms with E-state index in [9.17, 15) is 13.6 Å². The van der Waals surface area contributed by atoms with Gasteiger partial charge < -0.3 is 10.4 Å². The van der Waals surface area contributed by atoms with Gasteiger partial charge in [0.05, 0.1) is 11.3 Å². The first-order valence-electron chi connectivity index (χ1n) is 5.12. The molecule has 0 amide bonds. The van der Waals surface area contributed by atoms with Gasteiger partial charge in [-0.25, -0.2) is 13.6 Å². The van der Waals surface area contributed by atoms with Crippen LogP contribution in [0.2, 0.25) is 0 Å². The second kappa shape index (κ2) is 4.83. The third kappa shape index (κ3) is 2.63. The van der Waals surface area contributed by atoms with Gasteiger partial charge in [-0.2, -0.15) is 0 Å². The molecule has 0 spiro atoms. The Morgan fingerprint density at radius 1 is 1.11 bits per heavy atom. The first-order valence-corrected chi connectivity index (χ1v) is 5.12. The Morgan fingerprint density at radius 3 is 2.61 bits per heavy atom. The highest BCUT2D eigenvalue weighted by Gasteiger charge is 2.06. The fourth-order valence-electron chi connectivity index (χ4n) is 1.48. The Hall–Kier alpha value is -2.43. The fraction of sp³-hybridized carbons (Fsp3) is 0. The lowest BCUT2D eigenvalue weighted by atomic mass is 10.2. The van der Waals surface area contributed by atoms with E-state index in [1.54, 1.807) is 6.07 Å². The van der Waals surface area contributed by atoms with Crippen LogP contribution in [0.4, 0.5) is 20.2 Å². The number of anilines is 2. The standard InChI is InChI=1S/C13H9F2NO2/c14-9-4-5-11(15)12(7-9)16-10-3-1-2-8(6-10)13(17)18/h1-7,16H,(H,17,18). The third-order valence-electron chi connectivity index (χ3n) is 2.32. The molecule has 0 atom stereocenters. The second-order valence-electron chi connectivity index (χ2n) is 3.64. The monoisotopic (exact) mass is 249 g/mol. The smallest absolute Gasteiger partial charge is 0.335 e. The maximum atomic E-state index is 13.4. The van der Waals surface area contributed by atoms with Gasteiger partial charge in [-0.15, -0.1) is 0 Å². The molecule has 2 aromatic rings. The molecule has 0 aliphatic carbocycles. The molecule has 0 aliphatic rings. The summed E-state index contributed by atoms with van der Waals surface area (Å²) in [6.45, 7) is 0. The number of aromatic carboxylic acids is 1. The fourth-order valence-corrected chi connectivity index (χ4v) is 1.48. The highest BCUT2D eigenvalue weighted by molar-refractivity contribution is 5.89. The van der Waals surface area contributed by atoms with Crippen molar-refractivity contribution in [3.8, 4) is 0 Å². The van der Waals surface area contributed by atoms with Gasteiger partial charge in [-0.3, -0.25) is 0 Å². The topological polar surface area (TPSA) is 49.3 Å². The predicted molar refractivity (Wildman–Crippen MR) is 63.0 cm³/mol. The number of carboxylic acids is 1.